The highest BCUT2D eigenvalue weighted by Crippen LogP contribution is 2.33. The minimum atomic E-state index is 0.622. The van der Waals surface area contributed by atoms with Crippen LogP contribution in [0.5, 0.6) is 0 Å². The van der Waals surface area contributed by atoms with Crippen LogP contribution in [0, 0.1) is 5.92 Å². The summed E-state index contributed by atoms with van der Waals surface area (Å²) in [5, 5.41) is 0. The molecule has 1 aliphatic heterocycles. The second kappa shape index (κ2) is 4.79. The fourth-order valence-electron chi connectivity index (χ4n) is 3.26. The van der Waals surface area contributed by atoms with Crippen LogP contribution in [0.15, 0.2) is 24.3 Å². The van der Waals surface area contributed by atoms with Gasteiger partial charge in [0.05, 0.1) is 0 Å². The predicted octanol–water partition coefficient (Wildman–Crippen LogP) is 2.17. The quantitative estimate of drug-likeness (QED) is 0.862. The summed E-state index contributed by atoms with van der Waals surface area (Å²) in [6, 6.07) is 9.48. The zero-order chi connectivity index (χ0) is 11.7. The van der Waals surface area contributed by atoms with Crippen molar-refractivity contribution in [3.8, 4) is 0 Å². The van der Waals surface area contributed by atoms with Crippen LogP contribution >= 0.6 is 0 Å². The highest BCUT2D eigenvalue weighted by Gasteiger charge is 2.32. The molecule has 2 N–H and O–H groups in total. The lowest BCUT2D eigenvalue weighted by atomic mass is 9.78. The number of hydrogen-bond acceptors (Lipinski definition) is 2. The molecule has 0 saturated heterocycles. The van der Waals surface area contributed by atoms with E-state index in [2.05, 4.69) is 29.2 Å². The van der Waals surface area contributed by atoms with E-state index in [9.17, 15) is 0 Å². The van der Waals surface area contributed by atoms with Gasteiger partial charge in [0.15, 0.2) is 0 Å². The first-order chi connectivity index (χ1) is 8.38. The van der Waals surface area contributed by atoms with Gasteiger partial charge in [0, 0.05) is 25.7 Å². The first kappa shape index (κ1) is 11.2. The summed E-state index contributed by atoms with van der Waals surface area (Å²) in [6.07, 6.45) is 5.38. The molecule has 92 valence electrons. The Morgan fingerprint density at radius 2 is 2.00 bits per heavy atom. The first-order valence-corrected chi connectivity index (χ1v) is 6.89. The van der Waals surface area contributed by atoms with Crippen LogP contribution in [0.3, 0.4) is 0 Å². The molecule has 1 aromatic rings. The third-order valence-corrected chi connectivity index (χ3v) is 4.56. The molecule has 0 bridgehead atoms. The van der Waals surface area contributed by atoms with E-state index in [1.54, 1.807) is 0 Å². The highest BCUT2D eigenvalue weighted by atomic mass is 15.2. The predicted molar refractivity (Wildman–Crippen MR) is 70.7 cm³/mol. The van der Waals surface area contributed by atoms with Gasteiger partial charge in [-0.1, -0.05) is 30.7 Å². The van der Waals surface area contributed by atoms with Crippen molar-refractivity contribution in [3.63, 3.8) is 0 Å². The zero-order valence-corrected chi connectivity index (χ0v) is 10.4. The second-order valence-corrected chi connectivity index (χ2v) is 5.48. The lowest BCUT2D eigenvalue weighted by Crippen LogP contribution is -2.49. The van der Waals surface area contributed by atoms with Crippen molar-refractivity contribution in [3.05, 3.63) is 35.4 Å². The topological polar surface area (TPSA) is 29.3 Å². The van der Waals surface area contributed by atoms with Gasteiger partial charge >= 0.3 is 0 Å². The zero-order valence-electron chi connectivity index (χ0n) is 10.4. The van der Waals surface area contributed by atoms with Crippen molar-refractivity contribution in [2.24, 2.45) is 11.7 Å². The number of nitrogens with zero attached hydrogens (tertiary/aromatic N) is 1. The molecule has 1 aliphatic carbocycles. The van der Waals surface area contributed by atoms with E-state index in [0.29, 0.717) is 6.04 Å². The van der Waals surface area contributed by atoms with Gasteiger partial charge in [-0.3, -0.25) is 4.90 Å². The molecule has 1 unspecified atom stereocenters. The van der Waals surface area contributed by atoms with Gasteiger partial charge in [-0.15, -0.1) is 0 Å². The lowest BCUT2D eigenvalue weighted by molar-refractivity contribution is 0.0892. The van der Waals surface area contributed by atoms with Crippen LogP contribution < -0.4 is 5.73 Å². The lowest BCUT2D eigenvalue weighted by Gasteiger charge is -2.42. The van der Waals surface area contributed by atoms with E-state index in [0.717, 1.165) is 19.0 Å². The van der Waals surface area contributed by atoms with Gasteiger partial charge in [-0.2, -0.15) is 0 Å². The van der Waals surface area contributed by atoms with Gasteiger partial charge in [-0.25, -0.2) is 0 Å². The van der Waals surface area contributed by atoms with E-state index in [1.807, 2.05) is 0 Å². The van der Waals surface area contributed by atoms with E-state index >= 15 is 0 Å². The molecule has 2 nitrogen and oxygen atoms in total. The molecule has 1 aromatic carbocycles. The molecule has 3 rings (SSSR count). The number of hydrogen-bond donors (Lipinski definition) is 1. The number of benzene rings is 1. The molecule has 1 saturated carbocycles. The Kier molecular flexibility index (Phi) is 3.17. The number of fused-ring (bicyclic) bond motifs is 1. The fraction of sp³-hybridized carbons (Fsp3) is 0.600. The molecule has 0 radical (unpaired) electrons. The smallest absolute Gasteiger partial charge is 0.0250 e. The summed E-state index contributed by atoms with van der Waals surface area (Å²) < 4.78 is 0. The number of nitrogens with two attached hydrogens (primary N) is 1. The van der Waals surface area contributed by atoms with Gasteiger partial charge < -0.3 is 5.73 Å². The SMILES string of the molecule is NCC(C1CCC1)N1CCc2ccccc2C1. The van der Waals surface area contributed by atoms with Crippen LogP contribution in [-0.4, -0.2) is 24.0 Å². The Morgan fingerprint density at radius 3 is 2.65 bits per heavy atom. The van der Waals surface area contributed by atoms with Crippen molar-refractivity contribution < 1.29 is 0 Å². The summed E-state index contributed by atoms with van der Waals surface area (Å²) in [7, 11) is 0. The summed E-state index contributed by atoms with van der Waals surface area (Å²) in [5.41, 5.74) is 9.04. The maximum absolute atomic E-state index is 5.99. The molecule has 0 spiro atoms. The minimum absolute atomic E-state index is 0.622. The summed E-state index contributed by atoms with van der Waals surface area (Å²) in [6.45, 7) is 3.12. The average Bonchev–Trinajstić information content (AvgIpc) is 2.33. The Labute approximate surface area is 104 Å². The Morgan fingerprint density at radius 1 is 1.24 bits per heavy atom. The summed E-state index contributed by atoms with van der Waals surface area (Å²) >= 11 is 0. The van der Waals surface area contributed by atoms with E-state index in [-0.39, 0.29) is 0 Å². The van der Waals surface area contributed by atoms with Gasteiger partial charge in [0.1, 0.15) is 0 Å². The molecule has 1 atom stereocenters. The van der Waals surface area contributed by atoms with Crippen LogP contribution in [0.2, 0.25) is 0 Å². The van der Waals surface area contributed by atoms with Gasteiger partial charge in [-0.05, 0) is 36.3 Å². The van der Waals surface area contributed by atoms with E-state index in [4.69, 9.17) is 5.73 Å². The molecule has 2 heteroatoms. The van der Waals surface area contributed by atoms with Crippen molar-refractivity contribution in [2.75, 3.05) is 13.1 Å². The Bertz CT molecular complexity index is 384. The minimum Gasteiger partial charge on any atom is -0.329 e. The van der Waals surface area contributed by atoms with Crippen LogP contribution in [0.4, 0.5) is 0 Å². The van der Waals surface area contributed by atoms with E-state index in [1.165, 1.54) is 43.4 Å². The summed E-state index contributed by atoms with van der Waals surface area (Å²) in [4.78, 5) is 2.62. The van der Waals surface area contributed by atoms with Crippen LogP contribution in [0.25, 0.3) is 0 Å². The first-order valence-electron chi connectivity index (χ1n) is 6.89. The third kappa shape index (κ3) is 2.12. The van der Waals surface area contributed by atoms with Crippen molar-refractivity contribution in [2.45, 2.75) is 38.3 Å². The molecule has 17 heavy (non-hydrogen) atoms. The maximum atomic E-state index is 5.99. The van der Waals surface area contributed by atoms with E-state index < -0.39 is 0 Å². The fourth-order valence-corrected chi connectivity index (χ4v) is 3.26. The van der Waals surface area contributed by atoms with Gasteiger partial charge in [0.25, 0.3) is 0 Å². The Hall–Kier alpha value is -0.860. The number of rotatable bonds is 3. The maximum Gasteiger partial charge on any atom is 0.0250 e. The van der Waals surface area contributed by atoms with Crippen LogP contribution in [-0.2, 0) is 13.0 Å². The standard InChI is InChI=1S/C15H22N2/c16-10-15(13-6-3-7-13)17-9-8-12-4-1-2-5-14(12)11-17/h1-2,4-5,13,15H,3,6-11,16H2. The molecule has 1 heterocycles. The molecule has 1 fully saturated rings. The van der Waals surface area contributed by atoms with Crippen molar-refractivity contribution in [1.82, 2.24) is 4.90 Å². The molecule has 0 amide bonds. The summed E-state index contributed by atoms with van der Waals surface area (Å²) in [5.74, 6) is 0.866. The molecule has 2 aliphatic rings. The monoisotopic (exact) mass is 230 g/mol. The Balaban J connectivity index is 1.73. The normalized spacial score (nSPS) is 22.9. The molecular formula is C15H22N2. The highest BCUT2D eigenvalue weighted by molar-refractivity contribution is 5.29. The third-order valence-electron chi connectivity index (χ3n) is 4.56. The largest absolute Gasteiger partial charge is 0.329 e. The van der Waals surface area contributed by atoms with Crippen molar-refractivity contribution in [1.29, 1.82) is 0 Å². The molecular weight excluding hydrogens is 208 g/mol. The van der Waals surface area contributed by atoms with Gasteiger partial charge in [0.2, 0.25) is 0 Å². The van der Waals surface area contributed by atoms with Crippen LogP contribution in [0.1, 0.15) is 30.4 Å². The average molecular weight is 230 g/mol. The molecule has 0 aromatic heterocycles. The van der Waals surface area contributed by atoms with Crippen molar-refractivity contribution >= 4 is 0 Å². The second-order valence-electron chi connectivity index (χ2n) is 5.48.